The van der Waals surface area contributed by atoms with E-state index in [4.69, 9.17) is 5.11 Å². The Morgan fingerprint density at radius 2 is 2.00 bits per heavy atom. The predicted molar refractivity (Wildman–Crippen MR) is 63.9 cm³/mol. The Bertz CT molecular complexity index is 207. The van der Waals surface area contributed by atoms with Crippen molar-refractivity contribution in [3.8, 4) is 0 Å². The molecule has 0 aliphatic heterocycles. The number of unbranched alkanes of at least 4 members (excludes halogenated alkanes) is 2. The molecule has 0 heterocycles. The zero-order valence-electron chi connectivity index (χ0n) is 10.3. The smallest absolute Gasteiger partial charge is 0.331 e. The van der Waals surface area contributed by atoms with Gasteiger partial charge in [-0.2, -0.15) is 0 Å². The topological polar surface area (TPSA) is 37.3 Å². The van der Waals surface area contributed by atoms with Crippen LogP contribution in [0.3, 0.4) is 0 Å². The molecule has 0 saturated heterocycles. The largest absolute Gasteiger partial charge is 0.478 e. The average Bonchev–Trinajstić information content (AvgIpc) is 2.22. The fraction of sp³-hybridized carbons (Fsp3) is 0.769. The molecule has 0 aromatic carbocycles. The van der Waals surface area contributed by atoms with Gasteiger partial charge in [-0.25, -0.2) is 4.79 Å². The van der Waals surface area contributed by atoms with E-state index in [0.717, 1.165) is 19.3 Å². The van der Waals surface area contributed by atoms with Crippen molar-refractivity contribution in [2.75, 3.05) is 0 Å². The van der Waals surface area contributed by atoms with Gasteiger partial charge >= 0.3 is 5.97 Å². The van der Waals surface area contributed by atoms with Crippen molar-refractivity contribution >= 4 is 5.97 Å². The Hall–Kier alpha value is -0.790. The van der Waals surface area contributed by atoms with Crippen LogP contribution in [0.5, 0.6) is 0 Å². The van der Waals surface area contributed by atoms with E-state index in [-0.39, 0.29) is 0 Å². The van der Waals surface area contributed by atoms with E-state index in [1.807, 2.05) is 6.92 Å². The van der Waals surface area contributed by atoms with Crippen LogP contribution in [0, 0.1) is 5.92 Å². The maximum Gasteiger partial charge on any atom is 0.331 e. The van der Waals surface area contributed by atoms with Crippen molar-refractivity contribution in [3.05, 3.63) is 11.6 Å². The first-order valence-electron chi connectivity index (χ1n) is 6.04. The molecule has 0 bridgehead atoms. The van der Waals surface area contributed by atoms with E-state index in [9.17, 15) is 4.79 Å². The second kappa shape index (κ2) is 8.51. The SMILES string of the molecule is CC=C(CC(CC)CCCCC)C(=O)O. The molecule has 0 aromatic heterocycles. The summed E-state index contributed by atoms with van der Waals surface area (Å²) in [5, 5.41) is 8.92. The number of carboxylic acid groups (broad SMARTS) is 1. The molecular weight excluding hydrogens is 188 g/mol. The monoisotopic (exact) mass is 212 g/mol. The molecule has 0 spiro atoms. The molecule has 0 aromatic rings. The van der Waals surface area contributed by atoms with E-state index in [1.54, 1.807) is 6.08 Å². The normalized spacial score (nSPS) is 13.9. The van der Waals surface area contributed by atoms with Crippen LogP contribution in [-0.4, -0.2) is 11.1 Å². The molecule has 0 radical (unpaired) electrons. The number of carbonyl (C=O) groups is 1. The quantitative estimate of drug-likeness (QED) is 0.487. The summed E-state index contributed by atoms with van der Waals surface area (Å²) in [5.74, 6) is -0.217. The standard InChI is InChI=1S/C13H24O2/c1-4-7-8-9-11(5-2)10-12(6-3)13(14)15/h6,11H,4-5,7-10H2,1-3H3,(H,14,15). The highest BCUT2D eigenvalue weighted by molar-refractivity contribution is 5.86. The Morgan fingerprint density at radius 3 is 2.40 bits per heavy atom. The molecular formula is C13H24O2. The highest BCUT2D eigenvalue weighted by atomic mass is 16.4. The van der Waals surface area contributed by atoms with Crippen molar-refractivity contribution in [2.45, 2.75) is 59.3 Å². The predicted octanol–water partition coefficient (Wildman–Crippen LogP) is 4.01. The first-order chi connectivity index (χ1) is 7.15. The molecule has 1 atom stereocenters. The van der Waals surface area contributed by atoms with Gasteiger partial charge in [-0.1, -0.05) is 52.0 Å². The number of hydrogen-bond acceptors (Lipinski definition) is 1. The second-order valence-corrected chi connectivity index (χ2v) is 4.09. The molecule has 2 heteroatoms. The fourth-order valence-corrected chi connectivity index (χ4v) is 1.77. The number of carboxylic acids is 1. The molecule has 0 fully saturated rings. The van der Waals surface area contributed by atoms with Gasteiger partial charge in [-0.3, -0.25) is 0 Å². The minimum atomic E-state index is -0.758. The molecule has 0 rings (SSSR count). The number of allylic oxidation sites excluding steroid dienone is 1. The van der Waals surface area contributed by atoms with Crippen molar-refractivity contribution < 1.29 is 9.90 Å². The minimum absolute atomic E-state index is 0.541. The Kier molecular flexibility index (Phi) is 8.06. The van der Waals surface area contributed by atoms with Crippen LogP contribution in [0.2, 0.25) is 0 Å². The van der Waals surface area contributed by atoms with Crippen molar-refractivity contribution in [2.24, 2.45) is 5.92 Å². The zero-order valence-corrected chi connectivity index (χ0v) is 10.3. The van der Waals surface area contributed by atoms with Gasteiger partial charge in [-0.15, -0.1) is 0 Å². The van der Waals surface area contributed by atoms with Gasteiger partial charge in [0.2, 0.25) is 0 Å². The summed E-state index contributed by atoms with van der Waals surface area (Å²) in [4.78, 5) is 10.8. The van der Waals surface area contributed by atoms with Crippen LogP contribution in [0.15, 0.2) is 11.6 Å². The van der Waals surface area contributed by atoms with Gasteiger partial charge in [0, 0.05) is 5.57 Å². The lowest BCUT2D eigenvalue weighted by atomic mass is 9.91. The molecule has 2 nitrogen and oxygen atoms in total. The number of aliphatic carboxylic acids is 1. The highest BCUT2D eigenvalue weighted by Crippen LogP contribution is 2.21. The van der Waals surface area contributed by atoms with E-state index < -0.39 is 5.97 Å². The number of rotatable bonds is 8. The molecule has 1 N–H and O–H groups in total. The van der Waals surface area contributed by atoms with E-state index in [2.05, 4.69) is 13.8 Å². The molecule has 1 unspecified atom stereocenters. The van der Waals surface area contributed by atoms with Gasteiger partial charge in [0.05, 0.1) is 0 Å². The van der Waals surface area contributed by atoms with Crippen LogP contribution in [0.4, 0.5) is 0 Å². The summed E-state index contributed by atoms with van der Waals surface area (Å²) in [6, 6.07) is 0. The maximum absolute atomic E-state index is 10.8. The minimum Gasteiger partial charge on any atom is -0.478 e. The molecule has 15 heavy (non-hydrogen) atoms. The third-order valence-electron chi connectivity index (χ3n) is 2.93. The van der Waals surface area contributed by atoms with Crippen LogP contribution in [0.1, 0.15) is 59.3 Å². The Morgan fingerprint density at radius 1 is 1.33 bits per heavy atom. The maximum atomic E-state index is 10.8. The Labute approximate surface area is 93.4 Å². The summed E-state index contributed by atoms with van der Waals surface area (Å²) in [5.41, 5.74) is 0.568. The zero-order chi connectivity index (χ0) is 11.7. The van der Waals surface area contributed by atoms with E-state index >= 15 is 0 Å². The molecule has 88 valence electrons. The van der Waals surface area contributed by atoms with Gasteiger partial charge in [-0.05, 0) is 19.3 Å². The van der Waals surface area contributed by atoms with Crippen LogP contribution in [-0.2, 0) is 4.79 Å². The second-order valence-electron chi connectivity index (χ2n) is 4.09. The van der Waals surface area contributed by atoms with Gasteiger partial charge in [0.15, 0.2) is 0 Å². The van der Waals surface area contributed by atoms with Crippen molar-refractivity contribution in [3.63, 3.8) is 0 Å². The lowest BCUT2D eigenvalue weighted by molar-refractivity contribution is -0.132. The van der Waals surface area contributed by atoms with Gasteiger partial charge in [0.25, 0.3) is 0 Å². The average molecular weight is 212 g/mol. The first kappa shape index (κ1) is 14.2. The highest BCUT2D eigenvalue weighted by Gasteiger charge is 2.13. The van der Waals surface area contributed by atoms with Gasteiger partial charge in [0.1, 0.15) is 0 Å². The first-order valence-corrected chi connectivity index (χ1v) is 6.04. The van der Waals surface area contributed by atoms with E-state index in [1.165, 1.54) is 19.3 Å². The lowest BCUT2D eigenvalue weighted by Gasteiger charge is -2.14. The van der Waals surface area contributed by atoms with Crippen LogP contribution in [0.25, 0.3) is 0 Å². The molecule has 0 aliphatic rings. The summed E-state index contributed by atoms with van der Waals surface area (Å²) < 4.78 is 0. The summed E-state index contributed by atoms with van der Waals surface area (Å²) >= 11 is 0. The van der Waals surface area contributed by atoms with Gasteiger partial charge < -0.3 is 5.11 Å². The summed E-state index contributed by atoms with van der Waals surface area (Å²) in [7, 11) is 0. The lowest BCUT2D eigenvalue weighted by Crippen LogP contribution is -2.07. The fourth-order valence-electron chi connectivity index (χ4n) is 1.77. The molecule has 0 amide bonds. The van der Waals surface area contributed by atoms with Crippen molar-refractivity contribution in [1.82, 2.24) is 0 Å². The molecule has 0 aliphatic carbocycles. The third kappa shape index (κ3) is 6.32. The summed E-state index contributed by atoms with van der Waals surface area (Å²) in [6.07, 6.45) is 8.41. The van der Waals surface area contributed by atoms with Crippen LogP contribution >= 0.6 is 0 Å². The third-order valence-corrected chi connectivity index (χ3v) is 2.93. The molecule has 0 saturated carbocycles. The van der Waals surface area contributed by atoms with Crippen LogP contribution < -0.4 is 0 Å². The Balaban J connectivity index is 4.02. The van der Waals surface area contributed by atoms with Crippen molar-refractivity contribution in [1.29, 1.82) is 0 Å². The number of hydrogen-bond donors (Lipinski definition) is 1. The summed E-state index contributed by atoms with van der Waals surface area (Å²) in [6.45, 7) is 6.14. The van der Waals surface area contributed by atoms with E-state index in [0.29, 0.717) is 11.5 Å².